The molecule has 0 fully saturated rings. The second-order valence-corrected chi connectivity index (χ2v) is 12.6. The van der Waals surface area contributed by atoms with Crippen LogP contribution in [0.25, 0.3) is 65.7 Å². The normalized spacial score (nSPS) is 12.0. The van der Waals surface area contributed by atoms with Crippen molar-refractivity contribution in [2.24, 2.45) is 9.98 Å². The van der Waals surface area contributed by atoms with Crippen molar-refractivity contribution in [3.63, 3.8) is 0 Å². The van der Waals surface area contributed by atoms with Gasteiger partial charge in [0, 0.05) is 28.1 Å². The van der Waals surface area contributed by atoms with Crippen molar-refractivity contribution in [2.75, 3.05) is 0 Å². The van der Waals surface area contributed by atoms with Crippen LogP contribution in [0.3, 0.4) is 0 Å². The molecule has 0 spiro atoms. The van der Waals surface area contributed by atoms with Crippen LogP contribution in [0.2, 0.25) is 0 Å². The van der Waals surface area contributed by atoms with Gasteiger partial charge in [0.1, 0.15) is 11.2 Å². The molecule has 0 saturated carbocycles. The summed E-state index contributed by atoms with van der Waals surface area (Å²) in [6.07, 6.45) is 1.80. The first-order valence-electron chi connectivity index (χ1n) is 17.0. The number of nitrogens with one attached hydrogen (secondary N) is 1. The van der Waals surface area contributed by atoms with Crippen LogP contribution < -0.4 is 0 Å². The zero-order valence-electron chi connectivity index (χ0n) is 27.6. The minimum atomic E-state index is 0.124. The molecule has 0 unspecified atom stereocenters. The first kappa shape index (κ1) is 30.2. The van der Waals surface area contributed by atoms with Gasteiger partial charge in [0.15, 0.2) is 11.7 Å². The monoisotopic (exact) mass is 653 g/mol. The number of benzene rings is 8. The molecule has 0 aliphatic heterocycles. The second-order valence-electron chi connectivity index (χ2n) is 12.6. The Morgan fingerprint density at radius 2 is 1.16 bits per heavy atom. The van der Waals surface area contributed by atoms with Crippen molar-refractivity contribution < 1.29 is 4.42 Å². The third kappa shape index (κ3) is 5.69. The van der Waals surface area contributed by atoms with E-state index in [2.05, 4.69) is 84.9 Å². The molecular weight excluding hydrogens is 623 g/mol. The predicted octanol–water partition coefficient (Wildman–Crippen LogP) is 12.1. The van der Waals surface area contributed by atoms with E-state index in [1.807, 2.05) is 91.0 Å². The van der Waals surface area contributed by atoms with Crippen molar-refractivity contribution in [1.82, 2.24) is 0 Å². The molecule has 8 aromatic carbocycles. The van der Waals surface area contributed by atoms with Gasteiger partial charge in [-0.05, 0) is 73.6 Å². The van der Waals surface area contributed by atoms with E-state index in [4.69, 9.17) is 14.4 Å². The average molecular weight is 654 g/mol. The third-order valence-electron chi connectivity index (χ3n) is 9.43. The summed E-state index contributed by atoms with van der Waals surface area (Å²) in [5, 5.41) is 16.0. The molecule has 1 aromatic heterocycles. The van der Waals surface area contributed by atoms with Gasteiger partial charge in [0.25, 0.3) is 0 Å². The van der Waals surface area contributed by atoms with Crippen LogP contribution in [-0.2, 0) is 0 Å². The molecule has 4 heteroatoms. The quantitative estimate of drug-likeness (QED) is 0.146. The fourth-order valence-electron chi connectivity index (χ4n) is 6.96. The van der Waals surface area contributed by atoms with Crippen molar-refractivity contribution in [3.8, 4) is 22.3 Å². The highest BCUT2D eigenvalue weighted by Gasteiger charge is 2.16. The van der Waals surface area contributed by atoms with Gasteiger partial charge in [0.05, 0.1) is 0 Å². The van der Waals surface area contributed by atoms with Gasteiger partial charge in [-0.15, -0.1) is 0 Å². The lowest BCUT2D eigenvalue weighted by molar-refractivity contribution is 0.669. The summed E-state index contributed by atoms with van der Waals surface area (Å²) in [6, 6.07) is 60.0. The van der Waals surface area contributed by atoms with Crippen LogP contribution >= 0.6 is 0 Å². The third-order valence-corrected chi connectivity index (χ3v) is 9.43. The van der Waals surface area contributed by atoms with Crippen LogP contribution in [0.1, 0.15) is 16.7 Å². The molecule has 1 heterocycles. The fraction of sp³-hybridized carbons (Fsp3) is 0. The van der Waals surface area contributed by atoms with Gasteiger partial charge in [-0.1, -0.05) is 152 Å². The van der Waals surface area contributed by atoms with Crippen molar-refractivity contribution >= 4 is 61.4 Å². The summed E-state index contributed by atoms with van der Waals surface area (Å²) < 4.78 is 6.19. The molecule has 0 aliphatic rings. The number of fused-ring (bicyclic) bond motifs is 5. The van der Waals surface area contributed by atoms with Gasteiger partial charge in [-0.2, -0.15) is 0 Å². The molecular formula is C47H31N3O. The molecule has 9 rings (SSSR count). The van der Waals surface area contributed by atoms with Crippen LogP contribution in [0.4, 0.5) is 0 Å². The molecule has 9 aromatic rings. The molecule has 4 nitrogen and oxygen atoms in total. The lowest BCUT2D eigenvalue weighted by atomic mass is 9.92. The largest absolute Gasteiger partial charge is 0.456 e. The zero-order chi connectivity index (χ0) is 34.1. The highest BCUT2D eigenvalue weighted by molar-refractivity contribution is 6.22. The number of furan rings is 1. The Kier molecular flexibility index (Phi) is 7.60. The first-order chi connectivity index (χ1) is 25.2. The maximum absolute atomic E-state index is 9.26. The number of nitrogens with zero attached hydrogens (tertiary/aromatic N) is 2. The maximum Gasteiger partial charge on any atom is 0.162 e. The summed E-state index contributed by atoms with van der Waals surface area (Å²) >= 11 is 0. The smallest absolute Gasteiger partial charge is 0.162 e. The Labute approximate surface area is 295 Å². The standard InChI is InChI=1S/C47H31N3O/c48-46(50-47(49-30-31-12-2-1-3-13-31)41-23-11-25-44-45(41)40-20-6-7-24-43(40)51-44)36-18-8-17-34(28-36)35-27-26-33-16-10-22-39(42(33)29-35)38-21-9-15-32-14-4-5-19-37(32)38/h1-30,48H. The molecule has 240 valence electrons. The van der Waals surface area contributed by atoms with Crippen molar-refractivity contribution in [2.45, 2.75) is 0 Å². The van der Waals surface area contributed by atoms with Gasteiger partial charge >= 0.3 is 0 Å². The van der Waals surface area contributed by atoms with Gasteiger partial charge < -0.3 is 4.42 Å². The number of aliphatic imine (C=N–C) groups is 2. The van der Waals surface area contributed by atoms with Gasteiger partial charge in [-0.25, -0.2) is 9.98 Å². The Balaban J connectivity index is 1.14. The Hall–Kier alpha value is -6.91. The maximum atomic E-state index is 9.26. The summed E-state index contributed by atoms with van der Waals surface area (Å²) in [7, 11) is 0. The number of amidine groups is 2. The average Bonchev–Trinajstić information content (AvgIpc) is 3.58. The molecule has 0 saturated heterocycles. The number of rotatable bonds is 5. The summed E-state index contributed by atoms with van der Waals surface area (Å²) in [5.74, 6) is 0.566. The van der Waals surface area contributed by atoms with E-state index in [9.17, 15) is 5.41 Å². The minimum absolute atomic E-state index is 0.124. The van der Waals surface area contributed by atoms with Crippen LogP contribution in [0, 0.1) is 5.41 Å². The molecule has 0 atom stereocenters. The molecule has 0 bridgehead atoms. The summed E-state index contributed by atoms with van der Waals surface area (Å²) in [6.45, 7) is 0. The minimum Gasteiger partial charge on any atom is -0.456 e. The molecule has 51 heavy (non-hydrogen) atoms. The summed E-state index contributed by atoms with van der Waals surface area (Å²) in [4.78, 5) is 9.78. The molecule has 1 N–H and O–H groups in total. The van der Waals surface area contributed by atoms with E-state index in [1.165, 1.54) is 32.7 Å². The highest BCUT2D eigenvalue weighted by Crippen LogP contribution is 2.36. The van der Waals surface area contributed by atoms with E-state index in [1.54, 1.807) is 6.21 Å². The van der Waals surface area contributed by atoms with Gasteiger partial charge in [-0.3, -0.25) is 5.41 Å². The first-order valence-corrected chi connectivity index (χ1v) is 17.0. The number of hydrogen-bond acceptors (Lipinski definition) is 2. The van der Waals surface area contributed by atoms with Gasteiger partial charge in [0.2, 0.25) is 0 Å². The highest BCUT2D eigenvalue weighted by atomic mass is 16.3. The Morgan fingerprint density at radius 3 is 2.02 bits per heavy atom. The van der Waals surface area contributed by atoms with E-state index in [0.29, 0.717) is 11.4 Å². The van der Waals surface area contributed by atoms with Crippen molar-refractivity contribution in [3.05, 3.63) is 193 Å². The van der Waals surface area contributed by atoms with Crippen LogP contribution in [0.15, 0.2) is 190 Å². The number of hydrogen-bond donors (Lipinski definition) is 1. The lowest BCUT2D eigenvalue weighted by Crippen LogP contribution is -2.05. The predicted molar refractivity (Wildman–Crippen MR) is 213 cm³/mol. The number of para-hydroxylation sites is 1. The summed E-state index contributed by atoms with van der Waals surface area (Å²) in [5.41, 5.74) is 8.50. The van der Waals surface area contributed by atoms with Crippen molar-refractivity contribution in [1.29, 1.82) is 5.41 Å². The SMILES string of the molecule is N=C(N=C(N=Cc1ccccc1)c1cccc2oc3ccccc3c12)c1cccc(-c2ccc3cccc(-c4cccc5ccccc45)c3c2)c1. The zero-order valence-corrected chi connectivity index (χ0v) is 27.6. The van der Waals surface area contributed by atoms with Crippen LogP contribution in [-0.4, -0.2) is 17.9 Å². The van der Waals surface area contributed by atoms with E-state index in [-0.39, 0.29) is 5.84 Å². The molecule has 0 amide bonds. The van der Waals surface area contributed by atoms with E-state index < -0.39 is 0 Å². The Bertz CT molecular complexity index is 2820. The Morgan fingerprint density at radius 1 is 0.510 bits per heavy atom. The topological polar surface area (TPSA) is 61.7 Å². The molecule has 0 radical (unpaired) electrons. The van der Waals surface area contributed by atoms with Crippen LogP contribution in [0.5, 0.6) is 0 Å². The fourth-order valence-corrected chi connectivity index (χ4v) is 6.96. The van der Waals surface area contributed by atoms with E-state index in [0.717, 1.165) is 44.2 Å². The molecule has 0 aliphatic carbocycles. The second kappa shape index (κ2) is 12.8. The van der Waals surface area contributed by atoms with E-state index >= 15 is 0 Å². The lowest BCUT2D eigenvalue weighted by Gasteiger charge is -2.12.